The number of nitrogens with one attached hydrogen (secondary N) is 1. The van der Waals surface area contributed by atoms with Crippen LogP contribution in [0.15, 0.2) is 12.4 Å². The normalized spacial score (nSPS) is 10.1. The van der Waals surface area contributed by atoms with E-state index in [4.69, 9.17) is 21.4 Å². The predicted octanol–water partition coefficient (Wildman–Crippen LogP) is 0.551. The fourth-order valence-electron chi connectivity index (χ4n) is 0.845. The van der Waals surface area contributed by atoms with Crippen LogP contribution in [-0.4, -0.2) is 41.4 Å². The van der Waals surface area contributed by atoms with Gasteiger partial charge in [-0.25, -0.2) is 4.98 Å². The molecule has 0 unspecified atom stereocenters. The van der Waals surface area contributed by atoms with Gasteiger partial charge in [0.2, 0.25) is 0 Å². The molecule has 0 aliphatic rings. The van der Waals surface area contributed by atoms with Gasteiger partial charge < -0.3 is 15.2 Å². The van der Waals surface area contributed by atoms with Crippen LogP contribution in [-0.2, 0) is 4.74 Å². The van der Waals surface area contributed by atoms with Crippen molar-refractivity contribution >= 4 is 17.4 Å². The Hall–Kier alpha value is -0.910. The van der Waals surface area contributed by atoms with Crippen molar-refractivity contribution < 1.29 is 9.84 Å². The van der Waals surface area contributed by atoms with Crippen molar-refractivity contribution in [1.29, 1.82) is 0 Å². The van der Waals surface area contributed by atoms with E-state index >= 15 is 0 Å². The van der Waals surface area contributed by atoms with Crippen LogP contribution in [0.4, 0.5) is 5.82 Å². The number of hydrogen-bond acceptors (Lipinski definition) is 5. The Morgan fingerprint density at radius 3 is 3.00 bits per heavy atom. The fourth-order valence-corrected chi connectivity index (χ4v) is 0.993. The Balaban J connectivity index is 2.18. The van der Waals surface area contributed by atoms with Crippen LogP contribution < -0.4 is 5.32 Å². The Morgan fingerprint density at radius 2 is 2.29 bits per heavy atom. The molecular formula is C8H12ClN3O2. The van der Waals surface area contributed by atoms with Crippen molar-refractivity contribution in [3.8, 4) is 0 Å². The van der Waals surface area contributed by atoms with Crippen molar-refractivity contribution in [3.05, 3.63) is 17.5 Å². The molecule has 5 nitrogen and oxygen atoms in total. The minimum Gasteiger partial charge on any atom is -0.394 e. The van der Waals surface area contributed by atoms with Crippen LogP contribution in [0.25, 0.3) is 0 Å². The average molecular weight is 218 g/mol. The first-order chi connectivity index (χ1) is 6.83. The van der Waals surface area contributed by atoms with E-state index in [2.05, 4.69) is 15.3 Å². The summed E-state index contributed by atoms with van der Waals surface area (Å²) < 4.78 is 5.04. The number of anilines is 1. The van der Waals surface area contributed by atoms with Gasteiger partial charge in [0.25, 0.3) is 0 Å². The maximum Gasteiger partial charge on any atom is 0.149 e. The third-order valence-corrected chi connectivity index (χ3v) is 1.58. The molecule has 0 radical (unpaired) electrons. The predicted molar refractivity (Wildman–Crippen MR) is 53.4 cm³/mol. The number of aliphatic hydroxyl groups is 1. The van der Waals surface area contributed by atoms with E-state index in [1.54, 1.807) is 6.20 Å². The van der Waals surface area contributed by atoms with Crippen molar-refractivity contribution in [3.63, 3.8) is 0 Å². The number of aliphatic hydroxyl groups excluding tert-OH is 1. The van der Waals surface area contributed by atoms with E-state index < -0.39 is 0 Å². The molecule has 1 heterocycles. The van der Waals surface area contributed by atoms with E-state index in [-0.39, 0.29) is 6.61 Å². The SMILES string of the molecule is OCCOCCNc1cncc(Cl)n1. The molecule has 6 heteroatoms. The molecule has 1 aromatic rings. The molecule has 0 aliphatic heterocycles. The summed E-state index contributed by atoms with van der Waals surface area (Å²) in [5, 5.41) is 11.8. The highest BCUT2D eigenvalue weighted by atomic mass is 35.5. The van der Waals surface area contributed by atoms with E-state index in [0.29, 0.717) is 30.7 Å². The first-order valence-electron chi connectivity index (χ1n) is 4.23. The topological polar surface area (TPSA) is 67.3 Å². The molecule has 0 spiro atoms. The number of ether oxygens (including phenoxy) is 1. The van der Waals surface area contributed by atoms with E-state index in [9.17, 15) is 0 Å². The largest absolute Gasteiger partial charge is 0.394 e. The smallest absolute Gasteiger partial charge is 0.149 e. The molecule has 0 amide bonds. The molecule has 0 saturated carbocycles. The maximum atomic E-state index is 8.43. The average Bonchev–Trinajstić information content (AvgIpc) is 2.18. The highest BCUT2D eigenvalue weighted by molar-refractivity contribution is 6.29. The minimum atomic E-state index is 0.0387. The molecule has 0 saturated heterocycles. The fraction of sp³-hybridized carbons (Fsp3) is 0.500. The molecule has 0 fully saturated rings. The molecule has 0 atom stereocenters. The molecule has 1 rings (SSSR count). The van der Waals surface area contributed by atoms with Crippen molar-refractivity contribution in [1.82, 2.24) is 9.97 Å². The first kappa shape index (κ1) is 11.2. The summed E-state index contributed by atoms with van der Waals surface area (Å²) in [5.74, 6) is 0.616. The van der Waals surface area contributed by atoms with Crippen LogP contribution in [0.3, 0.4) is 0 Å². The van der Waals surface area contributed by atoms with Gasteiger partial charge in [0.1, 0.15) is 11.0 Å². The van der Waals surface area contributed by atoms with Crippen LogP contribution >= 0.6 is 11.6 Å². The van der Waals surface area contributed by atoms with Crippen molar-refractivity contribution in [2.75, 3.05) is 31.7 Å². The quantitative estimate of drug-likeness (QED) is 0.682. The van der Waals surface area contributed by atoms with Gasteiger partial charge in [0.15, 0.2) is 0 Å². The monoisotopic (exact) mass is 217 g/mol. The van der Waals surface area contributed by atoms with Crippen molar-refractivity contribution in [2.24, 2.45) is 0 Å². The Bertz CT molecular complexity index is 273. The Morgan fingerprint density at radius 1 is 1.43 bits per heavy atom. The number of nitrogens with zero attached hydrogens (tertiary/aromatic N) is 2. The zero-order valence-corrected chi connectivity index (χ0v) is 8.37. The summed E-state index contributed by atoms with van der Waals surface area (Å²) in [6.45, 7) is 1.50. The van der Waals surface area contributed by atoms with E-state index in [1.807, 2.05) is 0 Å². The molecule has 0 aromatic carbocycles. The second-order valence-electron chi connectivity index (χ2n) is 2.49. The summed E-state index contributed by atoms with van der Waals surface area (Å²) in [6, 6.07) is 0. The molecule has 0 aliphatic carbocycles. The zero-order chi connectivity index (χ0) is 10.2. The highest BCUT2D eigenvalue weighted by Crippen LogP contribution is 2.05. The Labute approximate surface area is 87.1 Å². The lowest BCUT2D eigenvalue weighted by Gasteiger charge is -2.05. The second-order valence-corrected chi connectivity index (χ2v) is 2.88. The number of halogens is 1. The zero-order valence-electron chi connectivity index (χ0n) is 7.61. The van der Waals surface area contributed by atoms with Gasteiger partial charge in [-0.3, -0.25) is 4.98 Å². The third kappa shape index (κ3) is 4.36. The molecule has 78 valence electrons. The molecule has 2 N–H and O–H groups in total. The van der Waals surface area contributed by atoms with Gasteiger partial charge >= 0.3 is 0 Å². The number of aromatic nitrogens is 2. The summed E-state index contributed by atoms with van der Waals surface area (Å²) in [7, 11) is 0. The van der Waals surface area contributed by atoms with Crippen LogP contribution in [0.5, 0.6) is 0 Å². The van der Waals surface area contributed by atoms with Crippen molar-refractivity contribution in [2.45, 2.75) is 0 Å². The van der Waals surface area contributed by atoms with Crippen LogP contribution in [0, 0.1) is 0 Å². The standard InChI is InChI=1S/C8H12ClN3O2/c9-7-5-10-6-8(12-7)11-1-3-14-4-2-13/h5-6,13H,1-4H2,(H,11,12). The van der Waals surface area contributed by atoms with E-state index in [1.165, 1.54) is 6.20 Å². The van der Waals surface area contributed by atoms with Gasteiger partial charge in [0, 0.05) is 6.54 Å². The lowest BCUT2D eigenvalue weighted by atomic mass is 10.6. The van der Waals surface area contributed by atoms with Gasteiger partial charge in [0.05, 0.1) is 32.2 Å². The van der Waals surface area contributed by atoms with E-state index in [0.717, 1.165) is 0 Å². The molecule has 14 heavy (non-hydrogen) atoms. The van der Waals surface area contributed by atoms with Gasteiger partial charge in [-0.2, -0.15) is 0 Å². The van der Waals surface area contributed by atoms with Gasteiger partial charge in [-0.05, 0) is 0 Å². The Kier molecular flexibility index (Phi) is 5.21. The number of rotatable bonds is 6. The van der Waals surface area contributed by atoms with Gasteiger partial charge in [-0.1, -0.05) is 11.6 Å². The highest BCUT2D eigenvalue weighted by Gasteiger charge is 1.94. The molecule has 0 bridgehead atoms. The summed E-state index contributed by atoms with van der Waals surface area (Å²) in [6.07, 6.45) is 3.05. The summed E-state index contributed by atoms with van der Waals surface area (Å²) >= 11 is 5.63. The molecule has 1 aromatic heterocycles. The summed E-state index contributed by atoms with van der Waals surface area (Å²) in [5.41, 5.74) is 0. The van der Waals surface area contributed by atoms with Crippen LogP contribution in [0.1, 0.15) is 0 Å². The lowest BCUT2D eigenvalue weighted by Crippen LogP contribution is -2.12. The summed E-state index contributed by atoms with van der Waals surface area (Å²) in [4.78, 5) is 7.84. The van der Waals surface area contributed by atoms with Crippen LogP contribution in [0.2, 0.25) is 5.15 Å². The van der Waals surface area contributed by atoms with Gasteiger partial charge in [-0.15, -0.1) is 0 Å². The lowest BCUT2D eigenvalue weighted by molar-refractivity contribution is 0.0992. The maximum absolute atomic E-state index is 8.43. The third-order valence-electron chi connectivity index (χ3n) is 1.39. The number of hydrogen-bond donors (Lipinski definition) is 2. The first-order valence-corrected chi connectivity index (χ1v) is 4.61. The molecular weight excluding hydrogens is 206 g/mol. The second kappa shape index (κ2) is 6.53. The minimum absolute atomic E-state index is 0.0387.